The van der Waals surface area contributed by atoms with Crippen molar-refractivity contribution < 1.29 is 9.90 Å². The van der Waals surface area contributed by atoms with Crippen LogP contribution in [-0.4, -0.2) is 69.2 Å². The Hall–Kier alpha value is -2.03. The molecule has 1 aliphatic heterocycles. The molecule has 0 spiro atoms. The van der Waals surface area contributed by atoms with E-state index in [-0.39, 0.29) is 17.6 Å². The Labute approximate surface area is 156 Å². The number of benzene rings is 1. The van der Waals surface area contributed by atoms with Gasteiger partial charge in [-0.25, -0.2) is 0 Å². The minimum atomic E-state index is -0.368. The third kappa shape index (κ3) is 3.72. The van der Waals surface area contributed by atoms with E-state index >= 15 is 0 Å². The molecular formula is C18H24N4O3S. The van der Waals surface area contributed by atoms with Crippen molar-refractivity contribution in [1.29, 1.82) is 0 Å². The predicted molar refractivity (Wildman–Crippen MR) is 103 cm³/mol. The van der Waals surface area contributed by atoms with Crippen LogP contribution in [-0.2, 0) is 6.54 Å². The van der Waals surface area contributed by atoms with Gasteiger partial charge in [0.1, 0.15) is 0 Å². The molecule has 2 aromatic rings. The standard InChI is InChI=1S/C18H24N4O3S/c1-3-22-17(25)14-5-4-13(10-15(14)19-18(22)26)16(24)21-8-6-20(7-9-21)11-12(2)23/h4-5,10,12,23H,3,6-9,11H2,1-2H3,(H,19,26)/t12-/m1/s1. The monoisotopic (exact) mass is 376 g/mol. The van der Waals surface area contributed by atoms with E-state index in [1.807, 2.05) is 11.8 Å². The number of aromatic nitrogens is 2. The van der Waals surface area contributed by atoms with Crippen LogP contribution in [0.2, 0.25) is 0 Å². The van der Waals surface area contributed by atoms with Crippen LogP contribution in [0, 0.1) is 4.77 Å². The average molecular weight is 376 g/mol. The summed E-state index contributed by atoms with van der Waals surface area (Å²) in [5.41, 5.74) is 0.987. The molecule has 0 bridgehead atoms. The number of carbonyl (C=O) groups is 1. The zero-order valence-electron chi connectivity index (χ0n) is 15.1. The third-order valence-corrected chi connectivity index (χ3v) is 5.05. The largest absolute Gasteiger partial charge is 0.392 e. The molecule has 1 aliphatic rings. The van der Waals surface area contributed by atoms with Gasteiger partial charge < -0.3 is 15.0 Å². The van der Waals surface area contributed by atoms with Crippen molar-refractivity contribution in [3.8, 4) is 0 Å². The summed E-state index contributed by atoms with van der Waals surface area (Å²) in [4.78, 5) is 32.2. The lowest BCUT2D eigenvalue weighted by molar-refractivity contribution is 0.0554. The average Bonchev–Trinajstić information content (AvgIpc) is 2.61. The van der Waals surface area contributed by atoms with E-state index in [1.54, 1.807) is 25.1 Å². The predicted octanol–water partition coefficient (Wildman–Crippen LogP) is 1.22. The molecule has 1 aromatic carbocycles. The molecule has 8 heteroatoms. The Morgan fingerprint density at radius 1 is 1.31 bits per heavy atom. The van der Waals surface area contributed by atoms with Crippen LogP contribution >= 0.6 is 12.2 Å². The van der Waals surface area contributed by atoms with Gasteiger partial charge in [-0.1, -0.05) is 0 Å². The SMILES string of the molecule is CCn1c(=S)[nH]c2cc(C(=O)N3CCN(C[C@@H](C)O)CC3)ccc2c1=O. The second-order valence-corrected chi connectivity index (χ2v) is 7.07. The normalized spacial score (nSPS) is 16.8. The molecule has 0 saturated carbocycles. The van der Waals surface area contributed by atoms with Gasteiger partial charge in [0.05, 0.1) is 17.0 Å². The molecule has 1 fully saturated rings. The van der Waals surface area contributed by atoms with Gasteiger partial charge in [-0.3, -0.25) is 19.1 Å². The minimum Gasteiger partial charge on any atom is -0.392 e. The van der Waals surface area contributed by atoms with E-state index in [0.29, 0.717) is 47.4 Å². The summed E-state index contributed by atoms with van der Waals surface area (Å²) in [5.74, 6) is -0.0532. The highest BCUT2D eigenvalue weighted by atomic mass is 32.1. The van der Waals surface area contributed by atoms with Crippen LogP contribution in [0.4, 0.5) is 0 Å². The molecule has 26 heavy (non-hydrogen) atoms. The summed E-state index contributed by atoms with van der Waals surface area (Å²) in [7, 11) is 0. The van der Waals surface area contributed by atoms with Crippen molar-refractivity contribution in [3.05, 3.63) is 38.9 Å². The first-order chi connectivity index (χ1) is 12.4. The van der Waals surface area contributed by atoms with Gasteiger partial charge in [0.25, 0.3) is 11.5 Å². The number of fused-ring (bicyclic) bond motifs is 1. The molecule has 0 radical (unpaired) electrons. The number of amides is 1. The maximum Gasteiger partial charge on any atom is 0.262 e. The van der Waals surface area contributed by atoms with Crippen LogP contribution < -0.4 is 5.56 Å². The third-order valence-electron chi connectivity index (χ3n) is 4.73. The molecule has 0 aliphatic carbocycles. The van der Waals surface area contributed by atoms with E-state index < -0.39 is 0 Å². The summed E-state index contributed by atoms with van der Waals surface area (Å²) in [6, 6.07) is 5.09. The number of nitrogens with one attached hydrogen (secondary N) is 1. The number of H-pyrrole nitrogens is 1. The van der Waals surface area contributed by atoms with Crippen LogP contribution in [0.1, 0.15) is 24.2 Å². The lowest BCUT2D eigenvalue weighted by Gasteiger charge is -2.35. The fourth-order valence-corrected chi connectivity index (χ4v) is 3.69. The Morgan fingerprint density at radius 2 is 2.00 bits per heavy atom. The highest BCUT2D eigenvalue weighted by molar-refractivity contribution is 7.71. The zero-order chi connectivity index (χ0) is 18.8. The fraction of sp³-hybridized carbons (Fsp3) is 0.500. The number of aromatic amines is 1. The summed E-state index contributed by atoms with van der Waals surface area (Å²) < 4.78 is 1.86. The van der Waals surface area contributed by atoms with Crippen LogP contribution in [0.25, 0.3) is 10.9 Å². The number of piperazine rings is 1. The zero-order valence-corrected chi connectivity index (χ0v) is 15.9. The van der Waals surface area contributed by atoms with E-state index in [2.05, 4.69) is 9.88 Å². The van der Waals surface area contributed by atoms with Crippen LogP contribution in [0.3, 0.4) is 0 Å². The summed E-state index contributed by atoms with van der Waals surface area (Å²) >= 11 is 5.23. The van der Waals surface area contributed by atoms with E-state index in [9.17, 15) is 14.7 Å². The van der Waals surface area contributed by atoms with Gasteiger partial charge in [-0.05, 0) is 44.3 Å². The molecule has 1 amide bonds. The first kappa shape index (κ1) is 18.8. The molecule has 2 N–H and O–H groups in total. The molecule has 2 heterocycles. The first-order valence-electron chi connectivity index (χ1n) is 8.87. The van der Waals surface area contributed by atoms with Gasteiger partial charge in [0.15, 0.2) is 4.77 Å². The second-order valence-electron chi connectivity index (χ2n) is 6.68. The molecule has 7 nitrogen and oxygen atoms in total. The lowest BCUT2D eigenvalue weighted by Crippen LogP contribution is -2.50. The van der Waals surface area contributed by atoms with E-state index in [1.165, 1.54) is 4.57 Å². The molecule has 0 unspecified atom stereocenters. The molecular weight excluding hydrogens is 352 g/mol. The number of aliphatic hydroxyl groups excluding tert-OH is 1. The Morgan fingerprint density at radius 3 is 2.62 bits per heavy atom. The van der Waals surface area contributed by atoms with Gasteiger partial charge in [0.2, 0.25) is 0 Å². The quantitative estimate of drug-likeness (QED) is 0.784. The summed E-state index contributed by atoms with van der Waals surface area (Å²) in [6.07, 6.45) is -0.368. The molecule has 1 aromatic heterocycles. The van der Waals surface area contributed by atoms with Crippen molar-refractivity contribution in [3.63, 3.8) is 0 Å². The number of carbonyl (C=O) groups excluding carboxylic acids is 1. The number of hydrogen-bond acceptors (Lipinski definition) is 5. The molecule has 3 rings (SSSR count). The van der Waals surface area contributed by atoms with Gasteiger partial charge in [0, 0.05) is 44.8 Å². The van der Waals surface area contributed by atoms with Crippen LogP contribution in [0.15, 0.2) is 23.0 Å². The van der Waals surface area contributed by atoms with Crippen molar-refractivity contribution >= 4 is 29.0 Å². The minimum absolute atomic E-state index is 0.0532. The second kappa shape index (κ2) is 7.69. The summed E-state index contributed by atoms with van der Waals surface area (Å²) in [5, 5.41) is 10.0. The van der Waals surface area contributed by atoms with Gasteiger partial charge >= 0.3 is 0 Å². The Balaban J connectivity index is 1.82. The maximum atomic E-state index is 12.8. The molecule has 140 valence electrons. The number of nitrogens with zero attached hydrogens (tertiary/aromatic N) is 3. The lowest BCUT2D eigenvalue weighted by atomic mass is 10.1. The molecule has 1 atom stereocenters. The Kier molecular flexibility index (Phi) is 5.55. The van der Waals surface area contributed by atoms with Crippen molar-refractivity contribution in [2.24, 2.45) is 0 Å². The Bertz CT molecular complexity index is 926. The van der Waals surface area contributed by atoms with Gasteiger partial charge in [-0.2, -0.15) is 0 Å². The highest BCUT2D eigenvalue weighted by Gasteiger charge is 2.23. The number of aliphatic hydroxyl groups is 1. The first-order valence-corrected chi connectivity index (χ1v) is 9.28. The van der Waals surface area contributed by atoms with Gasteiger partial charge in [-0.15, -0.1) is 0 Å². The fourth-order valence-electron chi connectivity index (χ4n) is 3.36. The van der Waals surface area contributed by atoms with E-state index in [0.717, 1.165) is 13.1 Å². The maximum absolute atomic E-state index is 12.8. The highest BCUT2D eigenvalue weighted by Crippen LogP contribution is 2.14. The van der Waals surface area contributed by atoms with Crippen molar-refractivity contribution in [2.45, 2.75) is 26.5 Å². The number of β-amino-alcohol motifs (C(OH)–C–C–N with tert-alkyl or cyclic N) is 1. The number of hydrogen-bond donors (Lipinski definition) is 2. The van der Waals surface area contributed by atoms with Crippen molar-refractivity contribution in [2.75, 3.05) is 32.7 Å². The smallest absolute Gasteiger partial charge is 0.262 e. The molecule has 1 saturated heterocycles. The van der Waals surface area contributed by atoms with Crippen molar-refractivity contribution in [1.82, 2.24) is 19.4 Å². The number of rotatable bonds is 4. The van der Waals surface area contributed by atoms with E-state index in [4.69, 9.17) is 12.2 Å². The topological polar surface area (TPSA) is 81.6 Å². The summed E-state index contributed by atoms with van der Waals surface area (Å²) in [6.45, 7) is 7.49. The van der Waals surface area contributed by atoms with Crippen LogP contribution in [0.5, 0.6) is 0 Å².